The van der Waals surface area contributed by atoms with Crippen molar-refractivity contribution in [1.82, 2.24) is 9.62 Å². The second kappa shape index (κ2) is 8.23. The molecule has 5 nitrogen and oxygen atoms in total. The fraction of sp³-hybridized carbons (Fsp3) is 0.381. The van der Waals surface area contributed by atoms with E-state index in [1.165, 1.54) is 12.1 Å². The zero-order valence-electron chi connectivity index (χ0n) is 15.8. The van der Waals surface area contributed by atoms with Gasteiger partial charge in [-0.05, 0) is 55.5 Å². The van der Waals surface area contributed by atoms with E-state index in [0.717, 1.165) is 18.4 Å². The van der Waals surface area contributed by atoms with Crippen LogP contribution >= 0.6 is 0 Å². The van der Waals surface area contributed by atoms with E-state index in [4.69, 9.17) is 0 Å². The highest BCUT2D eigenvalue weighted by Crippen LogP contribution is 2.23. The van der Waals surface area contributed by atoms with Gasteiger partial charge in [0.15, 0.2) is 0 Å². The van der Waals surface area contributed by atoms with Crippen molar-refractivity contribution in [1.29, 1.82) is 0 Å². The predicted octanol–water partition coefficient (Wildman–Crippen LogP) is 3.60. The first-order valence-electron chi connectivity index (χ1n) is 9.34. The Bertz CT molecular complexity index is 871. The largest absolute Gasteiger partial charge is 0.346 e. The van der Waals surface area contributed by atoms with Crippen molar-refractivity contribution in [3.05, 3.63) is 65.7 Å². The molecule has 1 heterocycles. The van der Waals surface area contributed by atoms with Crippen LogP contribution in [0.15, 0.2) is 59.5 Å². The number of amides is 1. The summed E-state index contributed by atoms with van der Waals surface area (Å²) >= 11 is 0. The first kappa shape index (κ1) is 19.6. The lowest BCUT2D eigenvalue weighted by molar-refractivity contribution is 0.0939. The Morgan fingerprint density at radius 3 is 2.22 bits per heavy atom. The molecule has 1 saturated heterocycles. The van der Waals surface area contributed by atoms with Crippen LogP contribution in [0.5, 0.6) is 0 Å². The molecule has 1 amide bonds. The molecule has 1 atom stereocenters. The first-order chi connectivity index (χ1) is 12.9. The molecule has 1 aliphatic rings. The maximum absolute atomic E-state index is 12.8. The molecule has 6 heteroatoms. The molecular weight excluding hydrogens is 360 g/mol. The van der Waals surface area contributed by atoms with Crippen molar-refractivity contribution in [3.8, 4) is 0 Å². The fourth-order valence-corrected chi connectivity index (χ4v) is 4.73. The van der Waals surface area contributed by atoms with Crippen molar-refractivity contribution in [2.45, 2.75) is 37.6 Å². The van der Waals surface area contributed by atoms with Crippen molar-refractivity contribution in [2.24, 2.45) is 5.92 Å². The number of carbonyl (C=O) groups excluding carboxylic acids is 1. The fourth-order valence-electron chi connectivity index (χ4n) is 3.26. The summed E-state index contributed by atoms with van der Waals surface area (Å²) in [5.74, 6) is 0.344. The van der Waals surface area contributed by atoms with Gasteiger partial charge in [0.1, 0.15) is 0 Å². The van der Waals surface area contributed by atoms with Crippen LogP contribution in [-0.4, -0.2) is 31.7 Å². The molecule has 0 aromatic heterocycles. The van der Waals surface area contributed by atoms with Gasteiger partial charge in [-0.25, -0.2) is 8.42 Å². The molecule has 0 aliphatic carbocycles. The monoisotopic (exact) mass is 386 g/mol. The van der Waals surface area contributed by atoms with Crippen LogP contribution in [0.2, 0.25) is 0 Å². The lowest BCUT2D eigenvalue weighted by Crippen LogP contribution is -2.37. The van der Waals surface area contributed by atoms with Crippen LogP contribution in [-0.2, 0) is 10.0 Å². The van der Waals surface area contributed by atoms with E-state index in [-0.39, 0.29) is 16.8 Å². The molecule has 0 bridgehead atoms. The molecule has 144 valence electrons. The first-order valence-corrected chi connectivity index (χ1v) is 10.8. The van der Waals surface area contributed by atoms with Gasteiger partial charge >= 0.3 is 0 Å². The molecule has 0 unspecified atom stereocenters. The Hall–Kier alpha value is -2.18. The molecule has 3 rings (SSSR count). The number of carbonyl (C=O) groups is 1. The number of nitrogens with zero attached hydrogens (tertiary/aromatic N) is 1. The summed E-state index contributed by atoms with van der Waals surface area (Å²) in [6.07, 6.45) is 1.77. The number of nitrogens with one attached hydrogen (secondary N) is 1. The minimum absolute atomic E-state index is 0.127. The van der Waals surface area contributed by atoms with Gasteiger partial charge in [0.2, 0.25) is 10.0 Å². The Morgan fingerprint density at radius 1 is 1.04 bits per heavy atom. The van der Waals surface area contributed by atoms with Gasteiger partial charge in [-0.1, -0.05) is 37.3 Å². The third-order valence-corrected chi connectivity index (χ3v) is 7.06. The van der Waals surface area contributed by atoms with E-state index < -0.39 is 10.0 Å². The number of piperidine rings is 1. The summed E-state index contributed by atoms with van der Waals surface area (Å²) < 4.78 is 27.1. The lowest BCUT2D eigenvalue weighted by atomic mass is 10.0. The van der Waals surface area contributed by atoms with Gasteiger partial charge in [0.25, 0.3) is 5.91 Å². The van der Waals surface area contributed by atoms with Crippen LogP contribution in [0, 0.1) is 5.92 Å². The van der Waals surface area contributed by atoms with Crippen molar-refractivity contribution in [3.63, 3.8) is 0 Å². The van der Waals surface area contributed by atoms with Gasteiger partial charge < -0.3 is 5.32 Å². The van der Waals surface area contributed by atoms with E-state index in [9.17, 15) is 13.2 Å². The Morgan fingerprint density at radius 2 is 1.63 bits per heavy atom. The normalized spacial score (nSPS) is 17.4. The molecule has 1 fully saturated rings. The maximum Gasteiger partial charge on any atom is 0.251 e. The summed E-state index contributed by atoms with van der Waals surface area (Å²) in [6.45, 7) is 5.18. The Labute approximate surface area is 161 Å². The molecule has 27 heavy (non-hydrogen) atoms. The second-order valence-corrected chi connectivity index (χ2v) is 9.15. The summed E-state index contributed by atoms with van der Waals surface area (Å²) in [4.78, 5) is 12.7. The average Bonchev–Trinajstić information content (AvgIpc) is 2.69. The van der Waals surface area contributed by atoms with E-state index in [1.54, 1.807) is 16.4 Å². The summed E-state index contributed by atoms with van der Waals surface area (Å²) in [5, 5.41) is 2.94. The molecule has 0 saturated carbocycles. The quantitative estimate of drug-likeness (QED) is 0.854. The van der Waals surface area contributed by atoms with Crippen LogP contribution in [0.4, 0.5) is 0 Å². The van der Waals surface area contributed by atoms with Crippen LogP contribution < -0.4 is 5.32 Å². The van der Waals surface area contributed by atoms with Crippen molar-refractivity contribution in [2.75, 3.05) is 13.1 Å². The smallest absolute Gasteiger partial charge is 0.251 e. The number of hydrogen-bond acceptors (Lipinski definition) is 3. The summed E-state index contributed by atoms with van der Waals surface area (Å²) in [6, 6.07) is 15.8. The van der Waals surface area contributed by atoms with Crippen molar-refractivity contribution >= 4 is 15.9 Å². The van der Waals surface area contributed by atoms with Crippen LogP contribution in [0.25, 0.3) is 0 Å². The zero-order chi connectivity index (χ0) is 19.4. The zero-order valence-corrected chi connectivity index (χ0v) is 16.6. The molecule has 1 N–H and O–H groups in total. The highest BCUT2D eigenvalue weighted by atomic mass is 32.2. The molecule has 0 spiro atoms. The number of hydrogen-bond donors (Lipinski definition) is 1. The van der Waals surface area contributed by atoms with Gasteiger partial charge in [-0.15, -0.1) is 0 Å². The second-order valence-electron chi connectivity index (χ2n) is 7.22. The minimum Gasteiger partial charge on any atom is -0.346 e. The lowest BCUT2D eigenvalue weighted by Gasteiger charge is -2.29. The third kappa shape index (κ3) is 4.57. The van der Waals surface area contributed by atoms with Crippen LogP contribution in [0.1, 0.15) is 48.7 Å². The van der Waals surface area contributed by atoms with Gasteiger partial charge in [-0.3, -0.25) is 4.79 Å². The highest BCUT2D eigenvalue weighted by molar-refractivity contribution is 7.89. The number of rotatable bonds is 5. The predicted molar refractivity (Wildman–Crippen MR) is 106 cm³/mol. The summed E-state index contributed by atoms with van der Waals surface area (Å²) in [7, 11) is -3.49. The number of sulfonamides is 1. The highest BCUT2D eigenvalue weighted by Gasteiger charge is 2.28. The van der Waals surface area contributed by atoms with Gasteiger partial charge in [-0.2, -0.15) is 4.31 Å². The van der Waals surface area contributed by atoms with E-state index in [0.29, 0.717) is 24.6 Å². The SMILES string of the molecule is CC1CCN(S(=O)(=O)c2ccc(C(=O)N[C@@H](C)c3ccccc3)cc2)CC1. The van der Waals surface area contributed by atoms with E-state index in [1.807, 2.05) is 37.3 Å². The molecule has 2 aromatic carbocycles. The number of benzene rings is 2. The molecular formula is C21H26N2O3S. The minimum atomic E-state index is -3.49. The van der Waals surface area contributed by atoms with Crippen molar-refractivity contribution < 1.29 is 13.2 Å². The Kier molecular flexibility index (Phi) is 5.97. The van der Waals surface area contributed by atoms with Gasteiger partial charge in [0.05, 0.1) is 10.9 Å². The molecule has 0 radical (unpaired) electrons. The Balaban J connectivity index is 1.68. The maximum atomic E-state index is 12.8. The molecule has 2 aromatic rings. The van der Waals surface area contributed by atoms with Crippen LogP contribution in [0.3, 0.4) is 0 Å². The standard InChI is InChI=1S/C21H26N2O3S/c1-16-12-14-23(15-13-16)27(25,26)20-10-8-19(9-11-20)21(24)22-17(2)18-6-4-3-5-7-18/h3-11,16-17H,12-15H2,1-2H3,(H,22,24)/t17-/m0/s1. The third-order valence-electron chi connectivity index (χ3n) is 5.14. The molecule has 1 aliphatic heterocycles. The van der Waals surface area contributed by atoms with E-state index in [2.05, 4.69) is 12.2 Å². The summed E-state index contributed by atoms with van der Waals surface area (Å²) in [5.41, 5.74) is 1.47. The van der Waals surface area contributed by atoms with Gasteiger partial charge in [0, 0.05) is 18.7 Å². The average molecular weight is 387 g/mol. The topological polar surface area (TPSA) is 66.5 Å². The van der Waals surface area contributed by atoms with E-state index >= 15 is 0 Å².